The highest BCUT2D eigenvalue weighted by molar-refractivity contribution is 7.51. The third-order valence-electron chi connectivity index (χ3n) is 1.45. The third kappa shape index (κ3) is 6.53. The molecule has 9 heteroatoms. The maximum atomic E-state index is 10.4. The normalized spacial score (nSPS) is 13.3. The highest BCUT2D eigenvalue weighted by Gasteiger charge is 2.19. The Labute approximate surface area is 79.4 Å². The lowest BCUT2D eigenvalue weighted by Gasteiger charge is -2.09. The number of hydrogen-bond acceptors (Lipinski definition) is 4. The molecule has 0 bridgehead atoms. The summed E-state index contributed by atoms with van der Waals surface area (Å²) in [5.74, 6) is -1.28. The molecule has 0 aliphatic rings. The van der Waals surface area contributed by atoms with Gasteiger partial charge >= 0.3 is 13.6 Å². The van der Waals surface area contributed by atoms with E-state index in [1.54, 1.807) is 5.43 Å². The molecule has 0 saturated heterocycles. The molecule has 0 unspecified atom stereocenters. The van der Waals surface area contributed by atoms with Crippen LogP contribution in [0.25, 0.3) is 0 Å². The quantitative estimate of drug-likeness (QED) is 0.265. The van der Waals surface area contributed by atoms with E-state index in [0.717, 1.165) is 0 Å². The Bertz CT molecular complexity index is 251. The zero-order valence-electron chi connectivity index (χ0n) is 7.16. The van der Waals surface area contributed by atoms with Gasteiger partial charge in [0.1, 0.15) is 6.04 Å². The van der Waals surface area contributed by atoms with E-state index in [9.17, 15) is 14.3 Å². The molecule has 0 spiro atoms. The predicted octanol–water partition coefficient (Wildman–Crippen LogP) is -0.332. The van der Waals surface area contributed by atoms with Crippen molar-refractivity contribution in [1.29, 1.82) is 0 Å². The maximum absolute atomic E-state index is 10.4. The molecule has 1 atom stereocenters. The Morgan fingerprint density at radius 3 is 2.43 bits per heavy atom. The summed E-state index contributed by atoms with van der Waals surface area (Å²) in [5.41, 5.74) is 1.79. The maximum Gasteiger partial charge on any atom is 0.327 e. The van der Waals surface area contributed by atoms with Crippen molar-refractivity contribution in [2.75, 3.05) is 6.16 Å². The van der Waals surface area contributed by atoms with Gasteiger partial charge in [0.05, 0.1) is 5.29 Å². The van der Waals surface area contributed by atoms with Crippen LogP contribution in [0, 0.1) is 4.91 Å². The van der Waals surface area contributed by atoms with E-state index in [0.29, 0.717) is 0 Å². The molecule has 8 nitrogen and oxygen atoms in total. The van der Waals surface area contributed by atoms with Gasteiger partial charge < -0.3 is 14.9 Å². The molecule has 0 radical (unpaired) electrons. The van der Waals surface area contributed by atoms with E-state index in [-0.39, 0.29) is 12.8 Å². The minimum atomic E-state index is -4.10. The molecule has 14 heavy (non-hydrogen) atoms. The van der Waals surface area contributed by atoms with Gasteiger partial charge in [0.15, 0.2) is 0 Å². The fourth-order valence-electron chi connectivity index (χ4n) is 0.808. The second-order valence-electron chi connectivity index (χ2n) is 2.64. The summed E-state index contributed by atoms with van der Waals surface area (Å²) in [7, 11) is -4.10. The van der Waals surface area contributed by atoms with Crippen LogP contribution < -0.4 is 5.43 Å². The minimum absolute atomic E-state index is 0.00373. The molecule has 0 aliphatic heterocycles. The number of carbonyl (C=O) groups is 1. The molecular weight excluding hydrogens is 215 g/mol. The number of nitrogens with one attached hydrogen (secondary N) is 1. The minimum Gasteiger partial charge on any atom is -0.480 e. The predicted molar refractivity (Wildman–Crippen MR) is 46.5 cm³/mol. The van der Waals surface area contributed by atoms with Crippen molar-refractivity contribution in [2.45, 2.75) is 18.9 Å². The van der Waals surface area contributed by atoms with Crippen molar-refractivity contribution in [3.8, 4) is 0 Å². The molecule has 0 aromatic rings. The first-order valence-corrected chi connectivity index (χ1v) is 5.52. The molecule has 0 saturated carbocycles. The number of aliphatic carboxylic acids is 1. The number of nitrogens with zero attached hydrogens (tertiary/aromatic N) is 1. The Morgan fingerprint density at radius 1 is 1.50 bits per heavy atom. The Morgan fingerprint density at radius 2 is 2.07 bits per heavy atom. The van der Waals surface area contributed by atoms with Crippen LogP contribution in [0.2, 0.25) is 0 Å². The second kappa shape index (κ2) is 5.69. The van der Waals surface area contributed by atoms with Gasteiger partial charge in [0, 0.05) is 6.16 Å². The van der Waals surface area contributed by atoms with Crippen LogP contribution in [0.1, 0.15) is 12.8 Å². The molecule has 0 fully saturated rings. The van der Waals surface area contributed by atoms with Gasteiger partial charge in [-0.15, -0.1) is 4.91 Å². The molecule has 0 rings (SSSR count). The molecule has 0 aromatic heterocycles. The Balaban J connectivity index is 3.89. The van der Waals surface area contributed by atoms with Crippen molar-refractivity contribution >= 4 is 13.6 Å². The van der Waals surface area contributed by atoms with Crippen molar-refractivity contribution in [3.05, 3.63) is 4.91 Å². The van der Waals surface area contributed by atoms with Crippen LogP contribution in [0.5, 0.6) is 0 Å². The van der Waals surface area contributed by atoms with Crippen LogP contribution in [-0.4, -0.2) is 33.1 Å². The molecule has 4 N–H and O–H groups in total. The van der Waals surface area contributed by atoms with Crippen molar-refractivity contribution in [1.82, 2.24) is 5.43 Å². The first-order chi connectivity index (χ1) is 6.37. The fourth-order valence-corrected chi connectivity index (χ4v) is 1.40. The number of rotatable bonds is 7. The van der Waals surface area contributed by atoms with Crippen LogP contribution in [0.15, 0.2) is 5.29 Å². The average molecular weight is 226 g/mol. The molecule has 0 heterocycles. The summed E-state index contributed by atoms with van der Waals surface area (Å²) in [5, 5.41) is 10.7. The largest absolute Gasteiger partial charge is 0.480 e. The van der Waals surface area contributed by atoms with Gasteiger partial charge in [-0.05, 0) is 12.8 Å². The van der Waals surface area contributed by atoms with E-state index in [1.165, 1.54) is 0 Å². The van der Waals surface area contributed by atoms with Crippen molar-refractivity contribution in [2.24, 2.45) is 5.29 Å². The van der Waals surface area contributed by atoms with Crippen molar-refractivity contribution < 1.29 is 24.3 Å². The van der Waals surface area contributed by atoms with E-state index in [4.69, 9.17) is 14.9 Å². The number of nitroso groups, excluding NO2 is 1. The van der Waals surface area contributed by atoms with Crippen molar-refractivity contribution in [3.63, 3.8) is 0 Å². The van der Waals surface area contributed by atoms with E-state index >= 15 is 0 Å². The van der Waals surface area contributed by atoms with Crippen LogP contribution in [0.4, 0.5) is 0 Å². The highest BCUT2D eigenvalue weighted by Crippen LogP contribution is 2.35. The summed E-state index contributed by atoms with van der Waals surface area (Å²) < 4.78 is 10.4. The average Bonchev–Trinajstić information content (AvgIpc) is 2.00. The SMILES string of the molecule is O=NN[C@@H](CCCP(=O)(O)O)C(=O)O. The molecule has 0 aromatic carbocycles. The number of hydrogen-bond donors (Lipinski definition) is 4. The van der Waals surface area contributed by atoms with Crippen LogP contribution in [-0.2, 0) is 9.36 Å². The van der Waals surface area contributed by atoms with Crippen LogP contribution in [0.3, 0.4) is 0 Å². The van der Waals surface area contributed by atoms with Gasteiger partial charge in [-0.3, -0.25) is 9.99 Å². The fraction of sp³-hybridized carbons (Fsp3) is 0.800. The molecule has 0 aliphatic carbocycles. The molecule has 82 valence electrons. The summed E-state index contributed by atoms with van der Waals surface area (Å²) in [6.07, 6.45) is -0.465. The van der Waals surface area contributed by atoms with E-state index in [2.05, 4.69) is 5.29 Å². The Kier molecular flexibility index (Phi) is 5.29. The monoisotopic (exact) mass is 226 g/mol. The topological polar surface area (TPSA) is 136 Å². The van der Waals surface area contributed by atoms with Crippen LogP contribution >= 0.6 is 7.60 Å². The van der Waals surface area contributed by atoms with Gasteiger partial charge in [-0.2, -0.15) is 0 Å². The third-order valence-corrected chi connectivity index (χ3v) is 2.35. The van der Waals surface area contributed by atoms with Gasteiger partial charge in [-0.1, -0.05) is 0 Å². The Hall–Kier alpha value is -0.980. The lowest BCUT2D eigenvalue weighted by Crippen LogP contribution is -2.32. The first-order valence-electron chi connectivity index (χ1n) is 3.72. The zero-order chi connectivity index (χ0) is 11.2. The zero-order valence-corrected chi connectivity index (χ0v) is 8.05. The summed E-state index contributed by atoms with van der Waals surface area (Å²) in [6.45, 7) is 0. The first kappa shape index (κ1) is 13.0. The standard InChI is InChI=1S/C5H11N2O6P/c8-5(9)4(6-7-10)2-1-3-14(11,12)13/h4H,1-3H2,(H,6,10)(H,8,9)(H2,11,12,13)/t4-/m0/s1. The molecular formula is C5H11N2O6P. The van der Waals surface area contributed by atoms with Gasteiger partial charge in [0.2, 0.25) is 0 Å². The number of carboxylic acid groups (broad SMARTS) is 1. The summed E-state index contributed by atoms with van der Waals surface area (Å²) in [4.78, 5) is 37.0. The van der Waals surface area contributed by atoms with Gasteiger partial charge in [0.25, 0.3) is 0 Å². The highest BCUT2D eigenvalue weighted by atomic mass is 31.2. The van der Waals surface area contributed by atoms with E-state index in [1.807, 2.05) is 0 Å². The number of carboxylic acids is 1. The lowest BCUT2D eigenvalue weighted by atomic mass is 10.2. The smallest absolute Gasteiger partial charge is 0.327 e. The van der Waals surface area contributed by atoms with E-state index < -0.39 is 25.8 Å². The lowest BCUT2D eigenvalue weighted by molar-refractivity contribution is -0.139. The summed E-state index contributed by atoms with van der Waals surface area (Å²) >= 11 is 0. The summed E-state index contributed by atoms with van der Waals surface area (Å²) in [6, 6.07) is -1.20. The van der Waals surface area contributed by atoms with Gasteiger partial charge in [-0.25, -0.2) is 4.79 Å². The second-order valence-corrected chi connectivity index (χ2v) is 4.42. The molecule has 0 amide bonds.